The van der Waals surface area contributed by atoms with Crippen LogP contribution in [0.5, 0.6) is 0 Å². The highest BCUT2D eigenvalue weighted by Gasteiger charge is 2.21. The number of aryl methyl sites for hydroxylation is 1. The third-order valence-corrected chi connectivity index (χ3v) is 4.94. The van der Waals surface area contributed by atoms with E-state index in [1.165, 1.54) is 6.42 Å². The quantitative estimate of drug-likeness (QED) is 0.705. The number of amides is 1. The molecule has 4 rings (SSSR count). The Morgan fingerprint density at radius 1 is 1.29 bits per heavy atom. The summed E-state index contributed by atoms with van der Waals surface area (Å²) in [5.41, 5.74) is 3.17. The van der Waals surface area contributed by atoms with Gasteiger partial charge in [-0.25, -0.2) is 4.68 Å². The van der Waals surface area contributed by atoms with Crippen molar-refractivity contribution in [3.05, 3.63) is 47.5 Å². The second-order valence-electron chi connectivity index (χ2n) is 7.81. The third kappa shape index (κ3) is 3.83. The molecule has 1 aromatic carbocycles. The summed E-state index contributed by atoms with van der Waals surface area (Å²) in [5, 5.41) is 15.8. The van der Waals surface area contributed by atoms with Gasteiger partial charge in [0.05, 0.1) is 5.69 Å². The van der Waals surface area contributed by atoms with Crippen LogP contribution in [-0.4, -0.2) is 31.9 Å². The molecular weight excluding hydrogens is 354 g/mol. The number of benzene rings is 1. The number of aromatic nitrogens is 4. The Kier molecular flexibility index (Phi) is 4.98. The van der Waals surface area contributed by atoms with Gasteiger partial charge in [0.15, 0.2) is 0 Å². The summed E-state index contributed by atoms with van der Waals surface area (Å²) in [6.45, 7) is 6.08. The zero-order chi connectivity index (χ0) is 19.7. The van der Waals surface area contributed by atoms with E-state index in [1.807, 2.05) is 35.0 Å². The topological polar surface area (TPSA) is 85.8 Å². The first-order valence-corrected chi connectivity index (χ1v) is 9.80. The van der Waals surface area contributed by atoms with Crippen LogP contribution in [0.1, 0.15) is 55.1 Å². The Labute approximate surface area is 164 Å². The van der Waals surface area contributed by atoms with Crippen molar-refractivity contribution in [3.63, 3.8) is 0 Å². The highest BCUT2D eigenvalue weighted by atomic mass is 16.4. The maximum absolute atomic E-state index is 12.5. The molecule has 7 nitrogen and oxygen atoms in total. The van der Waals surface area contributed by atoms with Crippen molar-refractivity contribution in [1.29, 1.82) is 0 Å². The Hall–Kier alpha value is -2.96. The van der Waals surface area contributed by atoms with Gasteiger partial charge in [-0.3, -0.25) is 4.79 Å². The van der Waals surface area contributed by atoms with Crippen molar-refractivity contribution >= 4 is 5.91 Å². The molecule has 0 aliphatic heterocycles. The molecule has 0 radical (unpaired) electrons. The van der Waals surface area contributed by atoms with E-state index < -0.39 is 0 Å². The summed E-state index contributed by atoms with van der Waals surface area (Å²) in [5.74, 6) is 1.33. The first-order chi connectivity index (χ1) is 13.5. The van der Waals surface area contributed by atoms with Gasteiger partial charge in [0.2, 0.25) is 5.89 Å². The molecular formula is C21H25N5O2. The van der Waals surface area contributed by atoms with E-state index in [1.54, 1.807) is 6.92 Å². The van der Waals surface area contributed by atoms with Gasteiger partial charge in [-0.1, -0.05) is 19.9 Å². The SMILES string of the molecule is Cc1nnc(-c2cc(CC(C)C)n(-c3cccc(C(=O)NC4CCC4)c3)n2)o1. The van der Waals surface area contributed by atoms with Crippen LogP contribution in [0.3, 0.4) is 0 Å². The van der Waals surface area contributed by atoms with Crippen molar-refractivity contribution in [2.75, 3.05) is 0 Å². The minimum absolute atomic E-state index is 0.0307. The molecule has 3 aromatic rings. The Morgan fingerprint density at radius 2 is 2.11 bits per heavy atom. The van der Waals surface area contributed by atoms with Crippen LogP contribution in [0.2, 0.25) is 0 Å². The van der Waals surface area contributed by atoms with E-state index in [-0.39, 0.29) is 5.91 Å². The maximum atomic E-state index is 12.5. The average molecular weight is 379 g/mol. The maximum Gasteiger partial charge on any atom is 0.268 e. The first-order valence-electron chi connectivity index (χ1n) is 9.80. The molecule has 1 N–H and O–H groups in total. The van der Waals surface area contributed by atoms with Crippen LogP contribution in [0, 0.1) is 12.8 Å². The van der Waals surface area contributed by atoms with Gasteiger partial charge in [0.25, 0.3) is 11.8 Å². The predicted molar refractivity (Wildman–Crippen MR) is 105 cm³/mol. The standard InChI is InChI=1S/C21H25N5O2/c1-13(2)10-18-12-19(21-24-23-14(3)28-21)25-26(18)17-9-4-6-15(11-17)20(27)22-16-7-5-8-16/h4,6,9,11-13,16H,5,7-8,10H2,1-3H3,(H,22,27). The Morgan fingerprint density at radius 3 is 2.75 bits per heavy atom. The van der Waals surface area contributed by atoms with E-state index >= 15 is 0 Å². The van der Waals surface area contributed by atoms with Gasteiger partial charge >= 0.3 is 0 Å². The lowest BCUT2D eigenvalue weighted by molar-refractivity contribution is 0.0917. The molecule has 0 spiro atoms. The van der Waals surface area contributed by atoms with E-state index in [9.17, 15) is 4.79 Å². The highest BCUT2D eigenvalue weighted by Crippen LogP contribution is 2.24. The number of nitrogens with zero attached hydrogens (tertiary/aromatic N) is 4. The molecule has 0 atom stereocenters. The minimum atomic E-state index is -0.0307. The Bertz CT molecular complexity index is 984. The molecule has 1 fully saturated rings. The van der Waals surface area contributed by atoms with E-state index in [4.69, 9.17) is 9.52 Å². The summed E-state index contributed by atoms with van der Waals surface area (Å²) < 4.78 is 7.41. The second kappa shape index (κ2) is 7.58. The molecule has 28 heavy (non-hydrogen) atoms. The number of rotatable bonds is 6. The first kappa shape index (κ1) is 18.4. The van der Waals surface area contributed by atoms with E-state index in [0.717, 1.165) is 30.6 Å². The third-order valence-electron chi connectivity index (χ3n) is 4.94. The molecule has 2 aromatic heterocycles. The van der Waals surface area contributed by atoms with Crippen LogP contribution in [-0.2, 0) is 6.42 Å². The monoisotopic (exact) mass is 379 g/mol. The minimum Gasteiger partial charge on any atom is -0.420 e. The van der Waals surface area contributed by atoms with Crippen molar-refractivity contribution in [2.45, 2.75) is 52.5 Å². The van der Waals surface area contributed by atoms with Gasteiger partial charge in [0.1, 0.15) is 5.69 Å². The molecule has 7 heteroatoms. The van der Waals surface area contributed by atoms with Gasteiger partial charge in [-0.2, -0.15) is 5.10 Å². The predicted octanol–water partition coefficient (Wildman–Crippen LogP) is 3.71. The zero-order valence-corrected chi connectivity index (χ0v) is 16.5. The van der Waals surface area contributed by atoms with Crippen LogP contribution in [0.25, 0.3) is 17.3 Å². The normalized spacial score (nSPS) is 14.3. The van der Waals surface area contributed by atoms with Crippen molar-refractivity contribution in [2.24, 2.45) is 5.92 Å². The lowest BCUT2D eigenvalue weighted by Gasteiger charge is -2.26. The summed E-state index contributed by atoms with van der Waals surface area (Å²) in [7, 11) is 0. The van der Waals surface area contributed by atoms with Crippen molar-refractivity contribution < 1.29 is 9.21 Å². The summed E-state index contributed by atoms with van der Waals surface area (Å²) in [6.07, 6.45) is 4.17. The number of carbonyl (C=O) groups excluding carboxylic acids is 1. The van der Waals surface area contributed by atoms with Gasteiger partial charge < -0.3 is 9.73 Å². The number of carbonyl (C=O) groups is 1. The molecule has 1 amide bonds. The van der Waals surface area contributed by atoms with Crippen LogP contribution in [0.4, 0.5) is 0 Å². The fourth-order valence-corrected chi connectivity index (χ4v) is 3.31. The van der Waals surface area contributed by atoms with Gasteiger partial charge in [0, 0.05) is 24.2 Å². The van der Waals surface area contributed by atoms with E-state index in [0.29, 0.717) is 35.0 Å². The van der Waals surface area contributed by atoms with Crippen LogP contribution < -0.4 is 5.32 Å². The smallest absolute Gasteiger partial charge is 0.268 e. The van der Waals surface area contributed by atoms with Crippen molar-refractivity contribution in [3.8, 4) is 17.3 Å². The second-order valence-corrected chi connectivity index (χ2v) is 7.81. The molecule has 0 unspecified atom stereocenters. The largest absolute Gasteiger partial charge is 0.420 e. The lowest BCUT2D eigenvalue weighted by atomic mass is 9.93. The van der Waals surface area contributed by atoms with Crippen LogP contribution in [0.15, 0.2) is 34.7 Å². The molecule has 2 heterocycles. The van der Waals surface area contributed by atoms with Crippen molar-refractivity contribution in [1.82, 2.24) is 25.3 Å². The van der Waals surface area contributed by atoms with Gasteiger partial charge in [-0.15, -0.1) is 10.2 Å². The molecule has 0 saturated heterocycles. The summed E-state index contributed by atoms with van der Waals surface area (Å²) >= 11 is 0. The summed E-state index contributed by atoms with van der Waals surface area (Å²) in [4.78, 5) is 12.5. The number of nitrogens with one attached hydrogen (secondary N) is 1. The van der Waals surface area contributed by atoms with E-state index in [2.05, 4.69) is 29.4 Å². The zero-order valence-electron chi connectivity index (χ0n) is 16.5. The number of hydrogen-bond acceptors (Lipinski definition) is 5. The molecule has 1 aliphatic carbocycles. The highest BCUT2D eigenvalue weighted by molar-refractivity contribution is 5.95. The lowest BCUT2D eigenvalue weighted by Crippen LogP contribution is -2.39. The fourth-order valence-electron chi connectivity index (χ4n) is 3.31. The molecule has 146 valence electrons. The fraction of sp³-hybridized carbons (Fsp3) is 0.429. The van der Waals surface area contributed by atoms with Crippen LogP contribution >= 0.6 is 0 Å². The molecule has 0 bridgehead atoms. The average Bonchev–Trinajstić information content (AvgIpc) is 3.24. The van der Waals surface area contributed by atoms with Gasteiger partial charge in [-0.05, 0) is 55.9 Å². The molecule has 1 aliphatic rings. The Balaban J connectivity index is 1.67. The molecule has 1 saturated carbocycles. The number of hydrogen-bond donors (Lipinski definition) is 1. The summed E-state index contributed by atoms with van der Waals surface area (Å²) in [6, 6.07) is 9.86.